The van der Waals surface area contributed by atoms with Gasteiger partial charge >= 0.3 is 0 Å². The van der Waals surface area contributed by atoms with E-state index in [0.717, 1.165) is 34.4 Å². The Kier molecular flexibility index (Phi) is 7.57. The molecule has 10 heteroatoms. The summed E-state index contributed by atoms with van der Waals surface area (Å²) in [6, 6.07) is 5.05. The van der Waals surface area contributed by atoms with Gasteiger partial charge in [0.05, 0.1) is 18.0 Å². The first kappa shape index (κ1) is 24.5. The second-order valence-electron chi connectivity index (χ2n) is 9.70. The number of halogens is 2. The molecule has 0 unspecified atom stereocenters. The zero-order valence-electron chi connectivity index (χ0n) is 19.5. The quantitative estimate of drug-likeness (QED) is 0.489. The van der Waals surface area contributed by atoms with Crippen LogP contribution in [0.4, 0.5) is 10.1 Å². The molecule has 2 aromatic heterocycles. The average molecular weight is 566 g/mol. The molecular weight excluding hydrogens is 535 g/mol. The van der Waals surface area contributed by atoms with Gasteiger partial charge in [0.1, 0.15) is 24.5 Å². The lowest BCUT2D eigenvalue weighted by atomic mass is 9.90. The minimum Gasteiger partial charge on any atom is -0.474 e. The maximum Gasteiger partial charge on any atom is 0.262 e. The highest BCUT2D eigenvalue weighted by atomic mass is 79.9. The zero-order valence-corrected chi connectivity index (χ0v) is 21.9. The standard InChI is InChI=1S/C25H30BrFN4O3S/c26-16-10-21-25(28-13-16)34-8-7-31(21)14-19-5-6-22(35-19)24(33)30-20(9-15-3-1-2-4-15)23(32)29-18-11-17(27)12-18/h5-6,10,13,15,17-18,20H,1-4,7-9,11-12,14H2,(H,29,32)(H,30,33)/t17?,18?,20-/m0/s1. The van der Waals surface area contributed by atoms with Crippen LogP contribution in [0, 0.1) is 5.92 Å². The molecule has 0 spiro atoms. The van der Waals surface area contributed by atoms with E-state index >= 15 is 0 Å². The number of amides is 2. The van der Waals surface area contributed by atoms with E-state index in [-0.39, 0.29) is 17.9 Å². The molecule has 35 heavy (non-hydrogen) atoms. The molecule has 3 heterocycles. The SMILES string of the molecule is O=C(N[C@@H](CC1CCCC1)C(=O)NC1CC(F)C1)c1ccc(CN2CCOc3ncc(Br)cc32)s1. The molecule has 0 bridgehead atoms. The Labute approximate surface area is 216 Å². The van der Waals surface area contributed by atoms with Crippen LogP contribution in [-0.4, -0.2) is 48.2 Å². The maximum atomic E-state index is 13.2. The monoisotopic (exact) mass is 564 g/mol. The van der Waals surface area contributed by atoms with Gasteiger partial charge in [0.25, 0.3) is 5.91 Å². The smallest absolute Gasteiger partial charge is 0.262 e. The van der Waals surface area contributed by atoms with Gasteiger partial charge in [0.15, 0.2) is 0 Å². The van der Waals surface area contributed by atoms with Crippen molar-refractivity contribution in [2.75, 3.05) is 18.1 Å². The summed E-state index contributed by atoms with van der Waals surface area (Å²) in [5.41, 5.74) is 0.921. The molecule has 3 aliphatic rings. The number of carbonyl (C=O) groups excluding carboxylic acids is 2. The van der Waals surface area contributed by atoms with Crippen molar-refractivity contribution in [2.45, 2.75) is 69.7 Å². The topological polar surface area (TPSA) is 83.6 Å². The first-order chi connectivity index (χ1) is 16.9. The normalized spacial score (nSPS) is 22.6. The molecule has 2 fully saturated rings. The van der Waals surface area contributed by atoms with E-state index in [1.54, 1.807) is 6.20 Å². The molecular formula is C25H30BrFN4O3S. The highest BCUT2D eigenvalue weighted by Gasteiger charge is 2.34. The van der Waals surface area contributed by atoms with Crippen LogP contribution in [0.1, 0.15) is 59.5 Å². The van der Waals surface area contributed by atoms with Crippen molar-refractivity contribution in [2.24, 2.45) is 5.92 Å². The Balaban J connectivity index is 1.23. The van der Waals surface area contributed by atoms with Crippen LogP contribution in [0.25, 0.3) is 0 Å². The molecule has 0 radical (unpaired) electrons. The van der Waals surface area contributed by atoms with Gasteiger partial charge in [0.2, 0.25) is 11.8 Å². The van der Waals surface area contributed by atoms with Crippen LogP contribution >= 0.6 is 27.3 Å². The number of carbonyl (C=O) groups is 2. The molecule has 1 aliphatic heterocycles. The first-order valence-electron chi connectivity index (χ1n) is 12.3. The largest absolute Gasteiger partial charge is 0.474 e. The number of ether oxygens (including phenoxy) is 1. The van der Waals surface area contributed by atoms with Gasteiger partial charge in [-0.25, -0.2) is 9.37 Å². The fourth-order valence-electron chi connectivity index (χ4n) is 5.07. The molecule has 2 amide bonds. The lowest BCUT2D eigenvalue weighted by Crippen LogP contribution is -2.53. The Hall–Kier alpha value is -2.20. The van der Waals surface area contributed by atoms with Gasteiger partial charge in [-0.05, 0) is 59.3 Å². The van der Waals surface area contributed by atoms with Gasteiger partial charge in [0, 0.05) is 21.6 Å². The highest BCUT2D eigenvalue weighted by molar-refractivity contribution is 9.10. The maximum absolute atomic E-state index is 13.2. The van der Waals surface area contributed by atoms with Crippen molar-refractivity contribution < 1.29 is 18.7 Å². The Morgan fingerprint density at radius 3 is 2.86 bits per heavy atom. The predicted octanol–water partition coefficient (Wildman–Crippen LogP) is 4.60. The number of anilines is 1. The number of thiophene rings is 1. The summed E-state index contributed by atoms with van der Waals surface area (Å²) >= 11 is 4.90. The number of pyridine rings is 1. The predicted molar refractivity (Wildman–Crippen MR) is 137 cm³/mol. The molecule has 1 atom stereocenters. The van der Waals surface area contributed by atoms with E-state index in [1.165, 1.54) is 24.2 Å². The number of nitrogens with zero attached hydrogens (tertiary/aromatic N) is 2. The van der Waals surface area contributed by atoms with Crippen molar-refractivity contribution in [3.05, 3.63) is 38.6 Å². The van der Waals surface area contributed by atoms with E-state index in [2.05, 4.69) is 36.4 Å². The van der Waals surface area contributed by atoms with Crippen LogP contribution in [0.15, 0.2) is 28.9 Å². The molecule has 2 aromatic rings. The summed E-state index contributed by atoms with van der Waals surface area (Å²) in [5.74, 6) is 0.625. The molecule has 7 nitrogen and oxygen atoms in total. The van der Waals surface area contributed by atoms with E-state index in [0.29, 0.717) is 49.1 Å². The van der Waals surface area contributed by atoms with E-state index in [9.17, 15) is 14.0 Å². The van der Waals surface area contributed by atoms with Gasteiger partial charge in [-0.1, -0.05) is 25.7 Å². The third-order valence-corrected chi connectivity index (χ3v) is 8.57. The molecule has 0 aromatic carbocycles. The van der Waals surface area contributed by atoms with Crippen molar-refractivity contribution in [3.63, 3.8) is 0 Å². The first-order valence-corrected chi connectivity index (χ1v) is 13.9. The van der Waals surface area contributed by atoms with Crippen molar-refractivity contribution in [3.8, 4) is 5.88 Å². The number of fused-ring (bicyclic) bond motifs is 1. The lowest BCUT2D eigenvalue weighted by Gasteiger charge is -2.32. The number of aromatic nitrogens is 1. The van der Waals surface area contributed by atoms with Crippen LogP contribution in [0.5, 0.6) is 5.88 Å². The average Bonchev–Trinajstić information content (AvgIpc) is 3.50. The Bertz CT molecular complexity index is 1070. The zero-order chi connectivity index (χ0) is 24.4. The molecule has 5 rings (SSSR count). The van der Waals surface area contributed by atoms with Crippen molar-refractivity contribution >= 4 is 44.8 Å². The third-order valence-electron chi connectivity index (χ3n) is 7.06. The Morgan fingerprint density at radius 1 is 1.29 bits per heavy atom. The summed E-state index contributed by atoms with van der Waals surface area (Å²) in [6.45, 7) is 1.93. The number of nitrogens with one attached hydrogen (secondary N) is 2. The summed E-state index contributed by atoms with van der Waals surface area (Å²) in [7, 11) is 0. The molecule has 188 valence electrons. The number of rotatable bonds is 8. The number of hydrogen-bond acceptors (Lipinski definition) is 6. The molecule has 0 saturated heterocycles. The summed E-state index contributed by atoms with van der Waals surface area (Å²) in [6.07, 6.45) is 6.76. The summed E-state index contributed by atoms with van der Waals surface area (Å²) < 4.78 is 19.8. The van der Waals surface area contributed by atoms with Crippen LogP contribution in [0.3, 0.4) is 0 Å². The highest BCUT2D eigenvalue weighted by Crippen LogP contribution is 2.34. The van der Waals surface area contributed by atoms with E-state index in [4.69, 9.17) is 4.74 Å². The second kappa shape index (κ2) is 10.8. The van der Waals surface area contributed by atoms with Crippen LogP contribution < -0.4 is 20.3 Å². The number of hydrogen-bond donors (Lipinski definition) is 2. The second-order valence-corrected chi connectivity index (χ2v) is 11.8. The minimum atomic E-state index is -0.831. The molecule has 2 aliphatic carbocycles. The van der Waals surface area contributed by atoms with Crippen LogP contribution in [0.2, 0.25) is 0 Å². The van der Waals surface area contributed by atoms with Gasteiger partial charge < -0.3 is 20.3 Å². The van der Waals surface area contributed by atoms with Crippen molar-refractivity contribution in [1.29, 1.82) is 0 Å². The van der Waals surface area contributed by atoms with Crippen LogP contribution in [-0.2, 0) is 11.3 Å². The molecule has 2 N–H and O–H groups in total. The summed E-state index contributed by atoms with van der Waals surface area (Å²) in [4.78, 5) is 34.2. The summed E-state index contributed by atoms with van der Waals surface area (Å²) in [5, 5.41) is 5.91. The van der Waals surface area contributed by atoms with E-state index in [1.807, 2.05) is 18.2 Å². The Morgan fingerprint density at radius 2 is 2.09 bits per heavy atom. The minimum absolute atomic E-state index is 0.125. The fraction of sp³-hybridized carbons (Fsp3) is 0.560. The number of alkyl halides is 1. The van der Waals surface area contributed by atoms with Gasteiger partial charge in [-0.2, -0.15) is 0 Å². The van der Waals surface area contributed by atoms with Gasteiger partial charge in [-0.3, -0.25) is 9.59 Å². The molecule has 2 saturated carbocycles. The lowest BCUT2D eigenvalue weighted by molar-refractivity contribution is -0.125. The van der Waals surface area contributed by atoms with Gasteiger partial charge in [-0.15, -0.1) is 11.3 Å². The van der Waals surface area contributed by atoms with E-state index < -0.39 is 12.2 Å². The third kappa shape index (κ3) is 5.97. The van der Waals surface area contributed by atoms with Crippen molar-refractivity contribution in [1.82, 2.24) is 15.6 Å². The fourth-order valence-corrected chi connectivity index (χ4v) is 6.32.